The first-order chi connectivity index (χ1) is 12.5. The van der Waals surface area contributed by atoms with Crippen LogP contribution in [0.25, 0.3) is 0 Å². The van der Waals surface area contributed by atoms with Crippen LogP contribution in [0.5, 0.6) is 5.75 Å². The summed E-state index contributed by atoms with van der Waals surface area (Å²) in [5, 5.41) is 3.44. The van der Waals surface area contributed by atoms with Gasteiger partial charge in [0.2, 0.25) is 5.91 Å². The zero-order valence-electron chi connectivity index (χ0n) is 15.1. The molecule has 0 saturated carbocycles. The lowest BCUT2D eigenvalue weighted by atomic mass is 9.88. The number of hydrogen-bond donors (Lipinski definition) is 2. The molecule has 0 saturated heterocycles. The van der Waals surface area contributed by atoms with Crippen LogP contribution in [0.4, 0.5) is 5.00 Å². The van der Waals surface area contributed by atoms with Crippen LogP contribution >= 0.6 is 11.3 Å². The molecule has 3 rings (SSSR count). The Balaban J connectivity index is 1.64. The van der Waals surface area contributed by atoms with Gasteiger partial charge in [-0.2, -0.15) is 0 Å². The number of amides is 2. The predicted molar refractivity (Wildman–Crippen MR) is 104 cm³/mol. The largest absolute Gasteiger partial charge is 0.493 e. The molecule has 2 amide bonds. The van der Waals surface area contributed by atoms with E-state index < -0.39 is 5.91 Å². The maximum atomic E-state index is 12.3. The van der Waals surface area contributed by atoms with Gasteiger partial charge in [0.05, 0.1) is 18.6 Å². The summed E-state index contributed by atoms with van der Waals surface area (Å²) in [6.07, 6.45) is 3.04. The van der Waals surface area contributed by atoms with Crippen LogP contribution in [-0.4, -0.2) is 18.4 Å². The van der Waals surface area contributed by atoms with Gasteiger partial charge in [-0.3, -0.25) is 9.59 Å². The molecule has 1 atom stereocenters. The molecule has 1 unspecified atom stereocenters. The summed E-state index contributed by atoms with van der Waals surface area (Å²) >= 11 is 1.48. The fraction of sp³-hybridized carbons (Fsp3) is 0.400. The summed E-state index contributed by atoms with van der Waals surface area (Å²) in [4.78, 5) is 25.4. The van der Waals surface area contributed by atoms with Crippen LogP contribution in [-0.2, 0) is 17.6 Å². The number of aryl methyl sites for hydroxylation is 1. The number of carbonyl (C=O) groups excluding carboxylic acids is 2. The van der Waals surface area contributed by atoms with Gasteiger partial charge in [0.1, 0.15) is 10.8 Å². The van der Waals surface area contributed by atoms with E-state index in [2.05, 4.69) is 12.2 Å². The van der Waals surface area contributed by atoms with E-state index in [9.17, 15) is 9.59 Å². The van der Waals surface area contributed by atoms with Crippen LogP contribution in [0, 0.1) is 12.8 Å². The van der Waals surface area contributed by atoms with Crippen molar-refractivity contribution in [2.45, 2.75) is 39.5 Å². The molecule has 0 bridgehead atoms. The standard InChI is InChI=1S/C20H24N2O3S/c1-12-7-8-14-16(11-12)26-20(18(14)19(21)24)22-17(23)9-10-25-15-6-4-3-5-13(15)2/h3-6,12H,7-11H2,1-2H3,(H2,21,24)(H,22,23). The van der Waals surface area contributed by atoms with Gasteiger partial charge in [0.25, 0.3) is 5.91 Å². The average Bonchev–Trinajstić information content (AvgIpc) is 2.93. The molecule has 138 valence electrons. The van der Waals surface area contributed by atoms with Crippen LogP contribution in [0.3, 0.4) is 0 Å². The van der Waals surface area contributed by atoms with Gasteiger partial charge >= 0.3 is 0 Å². The summed E-state index contributed by atoms with van der Waals surface area (Å²) in [7, 11) is 0. The van der Waals surface area contributed by atoms with E-state index in [1.54, 1.807) is 0 Å². The molecule has 1 aromatic carbocycles. The Bertz CT molecular complexity index is 828. The fourth-order valence-electron chi connectivity index (χ4n) is 3.26. The minimum Gasteiger partial charge on any atom is -0.493 e. The number of ether oxygens (including phenoxy) is 1. The van der Waals surface area contributed by atoms with Gasteiger partial charge in [-0.15, -0.1) is 11.3 Å². The van der Waals surface area contributed by atoms with E-state index in [1.807, 2.05) is 31.2 Å². The monoisotopic (exact) mass is 372 g/mol. The van der Waals surface area contributed by atoms with Crippen LogP contribution in [0.15, 0.2) is 24.3 Å². The van der Waals surface area contributed by atoms with E-state index in [1.165, 1.54) is 16.2 Å². The van der Waals surface area contributed by atoms with Crippen molar-refractivity contribution in [3.8, 4) is 5.75 Å². The molecule has 0 aliphatic heterocycles. The van der Waals surface area contributed by atoms with Crippen molar-refractivity contribution >= 4 is 28.2 Å². The van der Waals surface area contributed by atoms with E-state index >= 15 is 0 Å². The minimum absolute atomic E-state index is 0.173. The molecule has 1 aliphatic rings. The molecular weight excluding hydrogens is 348 g/mol. The quantitative estimate of drug-likeness (QED) is 0.811. The van der Waals surface area contributed by atoms with Crippen molar-refractivity contribution in [2.75, 3.05) is 11.9 Å². The molecule has 3 N–H and O–H groups in total. The Labute approximate surface area is 157 Å². The first-order valence-corrected chi connectivity index (χ1v) is 9.70. The summed E-state index contributed by atoms with van der Waals surface area (Å²) in [5.41, 5.74) is 8.12. The van der Waals surface area contributed by atoms with E-state index in [-0.39, 0.29) is 18.9 Å². The number of hydrogen-bond acceptors (Lipinski definition) is 4. The Morgan fingerprint density at radius 1 is 1.35 bits per heavy atom. The molecule has 1 aliphatic carbocycles. The van der Waals surface area contributed by atoms with Crippen molar-refractivity contribution in [1.82, 2.24) is 0 Å². The lowest BCUT2D eigenvalue weighted by molar-refractivity contribution is -0.116. The number of primary amides is 1. The highest BCUT2D eigenvalue weighted by Gasteiger charge is 2.27. The zero-order valence-corrected chi connectivity index (χ0v) is 15.9. The van der Waals surface area contributed by atoms with E-state index in [4.69, 9.17) is 10.5 Å². The number of nitrogens with two attached hydrogens (primary N) is 1. The Morgan fingerprint density at radius 2 is 2.12 bits per heavy atom. The predicted octanol–water partition coefficient (Wildman–Crippen LogP) is 3.69. The third kappa shape index (κ3) is 4.07. The Morgan fingerprint density at radius 3 is 2.85 bits per heavy atom. The Hall–Kier alpha value is -2.34. The third-order valence-electron chi connectivity index (χ3n) is 4.69. The second-order valence-electron chi connectivity index (χ2n) is 6.83. The SMILES string of the molecule is Cc1ccccc1OCCC(=O)Nc1sc2c(c1C(N)=O)CCC(C)C2. The number of carbonyl (C=O) groups is 2. The molecule has 0 radical (unpaired) electrons. The molecule has 1 aromatic heterocycles. The third-order valence-corrected chi connectivity index (χ3v) is 5.86. The van der Waals surface area contributed by atoms with Crippen LogP contribution < -0.4 is 15.8 Å². The highest BCUT2D eigenvalue weighted by atomic mass is 32.1. The van der Waals surface area contributed by atoms with E-state index in [0.717, 1.165) is 36.1 Å². The molecule has 26 heavy (non-hydrogen) atoms. The second-order valence-corrected chi connectivity index (χ2v) is 7.94. The van der Waals surface area contributed by atoms with Crippen molar-refractivity contribution in [2.24, 2.45) is 11.7 Å². The van der Waals surface area contributed by atoms with Crippen LogP contribution in [0.2, 0.25) is 0 Å². The van der Waals surface area contributed by atoms with Gasteiger partial charge in [-0.25, -0.2) is 0 Å². The maximum absolute atomic E-state index is 12.3. The summed E-state index contributed by atoms with van der Waals surface area (Å²) in [6, 6.07) is 7.69. The van der Waals surface area contributed by atoms with Gasteiger partial charge in [0.15, 0.2) is 0 Å². The molecule has 1 heterocycles. The molecular formula is C20H24N2O3S. The van der Waals surface area contributed by atoms with Crippen molar-refractivity contribution in [3.63, 3.8) is 0 Å². The first-order valence-electron chi connectivity index (χ1n) is 8.88. The van der Waals surface area contributed by atoms with Crippen LogP contribution in [0.1, 0.15) is 46.1 Å². The average molecular weight is 372 g/mol. The number of thiophene rings is 1. The van der Waals surface area contributed by atoms with E-state index in [0.29, 0.717) is 16.5 Å². The van der Waals surface area contributed by atoms with Gasteiger partial charge in [0, 0.05) is 4.88 Å². The number of benzene rings is 1. The highest BCUT2D eigenvalue weighted by Crippen LogP contribution is 2.39. The summed E-state index contributed by atoms with van der Waals surface area (Å²) < 4.78 is 5.67. The Kier molecular flexibility index (Phi) is 5.61. The number of rotatable bonds is 6. The van der Waals surface area contributed by atoms with Gasteiger partial charge in [-0.1, -0.05) is 25.1 Å². The number of fused-ring (bicyclic) bond motifs is 1. The normalized spacial score (nSPS) is 16.0. The molecule has 2 aromatic rings. The smallest absolute Gasteiger partial charge is 0.251 e. The summed E-state index contributed by atoms with van der Waals surface area (Å²) in [6.45, 7) is 4.45. The second kappa shape index (κ2) is 7.91. The first kappa shape index (κ1) is 18.5. The zero-order chi connectivity index (χ0) is 18.7. The minimum atomic E-state index is -0.469. The highest BCUT2D eigenvalue weighted by molar-refractivity contribution is 7.17. The van der Waals surface area contributed by atoms with Crippen molar-refractivity contribution in [3.05, 3.63) is 45.8 Å². The van der Waals surface area contributed by atoms with Gasteiger partial charge in [-0.05, 0) is 49.3 Å². The van der Waals surface area contributed by atoms with Crippen molar-refractivity contribution in [1.29, 1.82) is 0 Å². The van der Waals surface area contributed by atoms with Gasteiger partial charge < -0.3 is 15.8 Å². The molecule has 0 spiro atoms. The number of anilines is 1. The molecule has 5 nitrogen and oxygen atoms in total. The lowest BCUT2D eigenvalue weighted by Crippen LogP contribution is -2.20. The lowest BCUT2D eigenvalue weighted by Gasteiger charge is -2.18. The number of para-hydroxylation sites is 1. The topological polar surface area (TPSA) is 81.4 Å². The molecule has 0 fully saturated rings. The molecule has 6 heteroatoms. The maximum Gasteiger partial charge on any atom is 0.251 e. The summed E-state index contributed by atoms with van der Waals surface area (Å²) in [5.74, 6) is 0.725. The van der Waals surface area contributed by atoms with Crippen molar-refractivity contribution < 1.29 is 14.3 Å². The number of nitrogens with one attached hydrogen (secondary N) is 1. The fourth-order valence-corrected chi connectivity index (χ4v) is 4.69.